The lowest BCUT2D eigenvalue weighted by Crippen LogP contribution is -2.22. The molecule has 0 atom stereocenters. The zero-order valence-corrected chi connectivity index (χ0v) is 14.1. The number of unbranched alkanes of at least 4 members (excludes halogenated alkanes) is 1. The van der Waals surface area contributed by atoms with E-state index >= 15 is 0 Å². The maximum absolute atomic E-state index is 11.8. The van der Waals surface area contributed by atoms with Crippen LogP contribution in [0.3, 0.4) is 0 Å². The molecule has 1 N–H and O–H groups in total. The molecule has 0 fully saturated rings. The van der Waals surface area contributed by atoms with Gasteiger partial charge < -0.3 is 5.32 Å². The van der Waals surface area contributed by atoms with Gasteiger partial charge in [0.15, 0.2) is 0 Å². The molecule has 0 heterocycles. The largest absolute Gasteiger partial charge is 0.326 e. The van der Waals surface area contributed by atoms with E-state index in [9.17, 15) is 4.79 Å². The SMILES string of the molecule is CCN(CC)Cc1cccc(NC(=O)CCCCBr)c1. The summed E-state index contributed by atoms with van der Waals surface area (Å²) >= 11 is 3.38. The molecule has 1 amide bonds. The summed E-state index contributed by atoms with van der Waals surface area (Å²) in [5.41, 5.74) is 2.14. The van der Waals surface area contributed by atoms with E-state index in [-0.39, 0.29) is 5.91 Å². The molecule has 0 aromatic heterocycles. The van der Waals surface area contributed by atoms with Crippen molar-refractivity contribution in [1.29, 1.82) is 0 Å². The van der Waals surface area contributed by atoms with E-state index in [1.54, 1.807) is 0 Å². The lowest BCUT2D eigenvalue weighted by molar-refractivity contribution is -0.116. The second-order valence-corrected chi connectivity index (χ2v) is 5.65. The van der Waals surface area contributed by atoms with E-state index in [4.69, 9.17) is 0 Å². The van der Waals surface area contributed by atoms with Crippen LogP contribution < -0.4 is 5.32 Å². The summed E-state index contributed by atoms with van der Waals surface area (Å²) in [4.78, 5) is 14.2. The second kappa shape index (κ2) is 9.94. The van der Waals surface area contributed by atoms with Crippen molar-refractivity contribution in [3.63, 3.8) is 0 Å². The zero-order valence-electron chi connectivity index (χ0n) is 12.5. The minimum absolute atomic E-state index is 0.103. The van der Waals surface area contributed by atoms with Crippen LogP contribution in [-0.2, 0) is 11.3 Å². The third kappa shape index (κ3) is 6.53. The first kappa shape index (κ1) is 17.2. The number of carbonyl (C=O) groups excluding carboxylic acids is 1. The Labute approximate surface area is 130 Å². The molecule has 0 saturated carbocycles. The highest BCUT2D eigenvalue weighted by Gasteiger charge is 2.05. The predicted molar refractivity (Wildman–Crippen MR) is 89.3 cm³/mol. The number of amides is 1. The van der Waals surface area contributed by atoms with Gasteiger partial charge >= 0.3 is 0 Å². The van der Waals surface area contributed by atoms with Gasteiger partial charge in [0.2, 0.25) is 5.91 Å². The summed E-state index contributed by atoms with van der Waals surface area (Å²) in [5.74, 6) is 0.103. The van der Waals surface area contributed by atoms with E-state index in [2.05, 4.69) is 52.1 Å². The Morgan fingerprint density at radius 1 is 1.25 bits per heavy atom. The zero-order chi connectivity index (χ0) is 14.8. The van der Waals surface area contributed by atoms with Crippen LogP contribution in [0.5, 0.6) is 0 Å². The van der Waals surface area contributed by atoms with Gasteiger partial charge in [-0.05, 0) is 43.6 Å². The lowest BCUT2D eigenvalue weighted by Gasteiger charge is -2.18. The van der Waals surface area contributed by atoms with Crippen molar-refractivity contribution in [3.05, 3.63) is 29.8 Å². The van der Waals surface area contributed by atoms with Crippen LogP contribution in [0.4, 0.5) is 5.69 Å². The molecule has 3 nitrogen and oxygen atoms in total. The molecule has 4 heteroatoms. The molecule has 0 aliphatic heterocycles. The van der Waals surface area contributed by atoms with Crippen molar-refractivity contribution in [3.8, 4) is 0 Å². The molecule has 0 bridgehead atoms. The number of anilines is 1. The van der Waals surface area contributed by atoms with Crippen LogP contribution in [0.15, 0.2) is 24.3 Å². The maximum atomic E-state index is 11.8. The molecule has 1 rings (SSSR count). The van der Waals surface area contributed by atoms with Crippen molar-refractivity contribution in [2.45, 2.75) is 39.7 Å². The molecular weight excluding hydrogens is 316 g/mol. The van der Waals surface area contributed by atoms with Crippen molar-refractivity contribution >= 4 is 27.5 Å². The highest BCUT2D eigenvalue weighted by atomic mass is 79.9. The number of halogens is 1. The minimum atomic E-state index is 0.103. The monoisotopic (exact) mass is 340 g/mol. The van der Waals surface area contributed by atoms with Crippen molar-refractivity contribution in [1.82, 2.24) is 4.90 Å². The van der Waals surface area contributed by atoms with Crippen LogP contribution in [0.1, 0.15) is 38.7 Å². The fourth-order valence-electron chi connectivity index (χ4n) is 2.06. The molecule has 0 unspecified atom stereocenters. The molecule has 20 heavy (non-hydrogen) atoms. The van der Waals surface area contributed by atoms with Crippen LogP contribution in [0, 0.1) is 0 Å². The number of alkyl halides is 1. The van der Waals surface area contributed by atoms with E-state index < -0.39 is 0 Å². The van der Waals surface area contributed by atoms with Gasteiger partial charge in [0.25, 0.3) is 0 Å². The van der Waals surface area contributed by atoms with Gasteiger partial charge in [-0.2, -0.15) is 0 Å². The topological polar surface area (TPSA) is 32.3 Å². The fourth-order valence-corrected chi connectivity index (χ4v) is 2.45. The van der Waals surface area contributed by atoms with Gasteiger partial charge in [-0.15, -0.1) is 0 Å². The van der Waals surface area contributed by atoms with Gasteiger partial charge in [0.05, 0.1) is 0 Å². The van der Waals surface area contributed by atoms with E-state index in [0.29, 0.717) is 6.42 Å². The van der Waals surface area contributed by atoms with Crippen molar-refractivity contribution in [2.24, 2.45) is 0 Å². The lowest BCUT2D eigenvalue weighted by atomic mass is 10.1. The van der Waals surface area contributed by atoms with Crippen LogP contribution in [0.25, 0.3) is 0 Å². The van der Waals surface area contributed by atoms with E-state index in [1.807, 2.05) is 12.1 Å². The number of hydrogen-bond donors (Lipinski definition) is 1. The summed E-state index contributed by atoms with van der Waals surface area (Å²) in [6.07, 6.45) is 2.55. The highest BCUT2D eigenvalue weighted by molar-refractivity contribution is 9.09. The molecule has 112 valence electrons. The Hall–Kier alpha value is -0.870. The molecule has 1 aromatic carbocycles. The van der Waals surface area contributed by atoms with Gasteiger partial charge in [-0.25, -0.2) is 0 Å². The summed E-state index contributed by atoms with van der Waals surface area (Å²) in [6, 6.07) is 8.14. The first-order chi connectivity index (χ1) is 9.69. The molecular formula is C16H25BrN2O. The molecule has 0 radical (unpaired) electrons. The first-order valence-electron chi connectivity index (χ1n) is 7.36. The number of hydrogen-bond acceptors (Lipinski definition) is 2. The van der Waals surface area contributed by atoms with Gasteiger partial charge in [0, 0.05) is 24.0 Å². The number of nitrogens with one attached hydrogen (secondary N) is 1. The minimum Gasteiger partial charge on any atom is -0.326 e. The number of rotatable bonds is 9. The van der Waals surface area contributed by atoms with Crippen LogP contribution in [0.2, 0.25) is 0 Å². The standard InChI is InChI=1S/C16H25BrN2O/c1-3-19(4-2)13-14-8-7-9-15(12-14)18-16(20)10-5-6-11-17/h7-9,12H,3-6,10-11,13H2,1-2H3,(H,18,20). The number of carbonyl (C=O) groups is 1. The average molecular weight is 341 g/mol. The number of benzene rings is 1. The predicted octanol–water partition coefficient (Wildman–Crippen LogP) is 4.03. The summed E-state index contributed by atoms with van der Waals surface area (Å²) < 4.78 is 0. The average Bonchev–Trinajstić information content (AvgIpc) is 2.45. The van der Waals surface area contributed by atoms with E-state index in [1.165, 1.54) is 5.56 Å². The van der Waals surface area contributed by atoms with Crippen LogP contribution in [-0.4, -0.2) is 29.2 Å². The van der Waals surface area contributed by atoms with Gasteiger partial charge in [-0.1, -0.05) is 41.9 Å². The Morgan fingerprint density at radius 3 is 2.65 bits per heavy atom. The normalized spacial score (nSPS) is 10.8. The summed E-state index contributed by atoms with van der Waals surface area (Å²) in [7, 11) is 0. The molecule has 0 aliphatic carbocycles. The third-order valence-corrected chi connectivity index (χ3v) is 3.86. The Balaban J connectivity index is 2.52. The van der Waals surface area contributed by atoms with E-state index in [0.717, 1.165) is 43.5 Å². The molecule has 0 aliphatic rings. The first-order valence-corrected chi connectivity index (χ1v) is 8.48. The fraction of sp³-hybridized carbons (Fsp3) is 0.562. The van der Waals surface area contributed by atoms with Gasteiger partial charge in [0.1, 0.15) is 0 Å². The summed E-state index contributed by atoms with van der Waals surface area (Å²) in [6.45, 7) is 7.34. The Bertz CT molecular complexity index is 405. The summed E-state index contributed by atoms with van der Waals surface area (Å²) in [5, 5.41) is 3.94. The molecule has 0 spiro atoms. The maximum Gasteiger partial charge on any atom is 0.224 e. The molecule has 0 saturated heterocycles. The Kier molecular flexibility index (Phi) is 8.54. The highest BCUT2D eigenvalue weighted by Crippen LogP contribution is 2.13. The molecule has 1 aromatic rings. The quantitative estimate of drug-likeness (QED) is 0.543. The van der Waals surface area contributed by atoms with Crippen LogP contribution >= 0.6 is 15.9 Å². The number of nitrogens with zero attached hydrogens (tertiary/aromatic N) is 1. The second-order valence-electron chi connectivity index (χ2n) is 4.86. The van der Waals surface area contributed by atoms with Gasteiger partial charge in [-0.3, -0.25) is 9.69 Å². The third-order valence-electron chi connectivity index (χ3n) is 3.30. The smallest absolute Gasteiger partial charge is 0.224 e. The van der Waals surface area contributed by atoms with Crippen molar-refractivity contribution < 1.29 is 4.79 Å². The Morgan fingerprint density at radius 2 is 2.00 bits per heavy atom. The van der Waals surface area contributed by atoms with Crippen molar-refractivity contribution in [2.75, 3.05) is 23.7 Å².